The number of hydrogen-bond donors (Lipinski definition) is 0. The molecule has 90 valence electrons. The lowest BCUT2D eigenvalue weighted by Crippen LogP contribution is -2.14. The lowest BCUT2D eigenvalue weighted by Gasteiger charge is -1.99. The number of nitro groups is 1. The second-order valence-corrected chi connectivity index (χ2v) is 3.98. The van der Waals surface area contributed by atoms with E-state index in [0.29, 0.717) is 5.56 Å². The largest absolute Gasteiger partial charge is 0.458 e. The maximum Gasteiger partial charge on any atom is 0.409 e. The van der Waals surface area contributed by atoms with Crippen molar-refractivity contribution in [3.8, 4) is 0 Å². The summed E-state index contributed by atoms with van der Waals surface area (Å²) in [6.07, 6.45) is 1.18. The number of rotatable bonds is 4. The summed E-state index contributed by atoms with van der Waals surface area (Å²) in [7, 11) is 0. The molecular weight excluding hydrogens is 290 g/mol. The molecule has 0 aliphatic rings. The number of ether oxygens (including phenoxy) is 1. The van der Waals surface area contributed by atoms with Crippen molar-refractivity contribution in [1.82, 2.24) is 0 Å². The number of halogens is 1. The van der Waals surface area contributed by atoms with Crippen LogP contribution in [0.1, 0.15) is 12.5 Å². The second-order valence-electron chi connectivity index (χ2n) is 3.06. The molecule has 0 atom stereocenters. The fourth-order valence-electron chi connectivity index (χ4n) is 1.15. The fourth-order valence-corrected chi connectivity index (χ4v) is 1.56. The van der Waals surface area contributed by atoms with Gasteiger partial charge < -0.3 is 4.74 Å². The van der Waals surface area contributed by atoms with Gasteiger partial charge in [-0.2, -0.15) is 0 Å². The summed E-state index contributed by atoms with van der Waals surface area (Å²) < 4.78 is 5.38. The van der Waals surface area contributed by atoms with Crippen LogP contribution in [0.4, 0.5) is 0 Å². The first kappa shape index (κ1) is 13.4. The van der Waals surface area contributed by atoms with Gasteiger partial charge in [0.25, 0.3) is 0 Å². The van der Waals surface area contributed by atoms with Crippen LogP contribution in [0.3, 0.4) is 0 Å². The van der Waals surface area contributed by atoms with Crippen LogP contribution in [0, 0.1) is 10.1 Å². The molecule has 5 nitrogen and oxygen atoms in total. The van der Waals surface area contributed by atoms with Crippen LogP contribution >= 0.6 is 15.9 Å². The van der Waals surface area contributed by atoms with Gasteiger partial charge in [-0.15, -0.1) is 0 Å². The number of nitrogens with zero attached hydrogens (tertiary/aromatic N) is 1. The predicted molar refractivity (Wildman–Crippen MR) is 65.7 cm³/mol. The molecule has 0 fully saturated rings. The Balaban J connectivity index is 3.06. The minimum atomic E-state index is -0.933. The van der Waals surface area contributed by atoms with E-state index in [0.717, 1.165) is 4.47 Å². The Hall–Kier alpha value is -1.69. The highest BCUT2D eigenvalue weighted by molar-refractivity contribution is 9.10. The molecule has 0 heterocycles. The van der Waals surface area contributed by atoms with Crippen molar-refractivity contribution in [1.29, 1.82) is 0 Å². The molecule has 0 aliphatic heterocycles. The van der Waals surface area contributed by atoms with Crippen molar-refractivity contribution >= 4 is 28.0 Å². The van der Waals surface area contributed by atoms with Gasteiger partial charge in [0.05, 0.1) is 11.5 Å². The number of benzene rings is 1. The van der Waals surface area contributed by atoms with Gasteiger partial charge in [-0.05, 0) is 24.6 Å². The summed E-state index contributed by atoms with van der Waals surface area (Å²) in [4.78, 5) is 21.3. The van der Waals surface area contributed by atoms with Crippen molar-refractivity contribution in [2.75, 3.05) is 6.61 Å². The normalized spacial score (nSPS) is 11.1. The highest BCUT2D eigenvalue weighted by Gasteiger charge is 2.23. The summed E-state index contributed by atoms with van der Waals surface area (Å²) in [6, 6.07) is 6.84. The first-order chi connectivity index (χ1) is 8.04. The molecule has 0 aromatic heterocycles. The maximum absolute atomic E-state index is 11.3. The van der Waals surface area contributed by atoms with E-state index in [2.05, 4.69) is 20.7 Å². The van der Waals surface area contributed by atoms with Gasteiger partial charge in [-0.25, -0.2) is 4.79 Å². The lowest BCUT2D eigenvalue weighted by atomic mass is 10.2. The first-order valence-electron chi connectivity index (χ1n) is 4.83. The Labute approximate surface area is 106 Å². The molecule has 0 saturated carbocycles. The molecule has 0 aliphatic carbocycles. The number of esters is 1. The van der Waals surface area contributed by atoms with Gasteiger partial charge in [0.2, 0.25) is 0 Å². The number of hydrogen-bond acceptors (Lipinski definition) is 4. The maximum atomic E-state index is 11.3. The molecule has 6 heteroatoms. The van der Waals surface area contributed by atoms with E-state index in [-0.39, 0.29) is 6.61 Å². The van der Waals surface area contributed by atoms with Gasteiger partial charge in [0.1, 0.15) is 0 Å². The topological polar surface area (TPSA) is 69.4 Å². The third kappa shape index (κ3) is 3.99. The molecule has 0 amide bonds. The van der Waals surface area contributed by atoms with Crippen molar-refractivity contribution in [2.45, 2.75) is 6.92 Å². The minimum absolute atomic E-state index is 0.0997. The van der Waals surface area contributed by atoms with E-state index in [4.69, 9.17) is 0 Å². The van der Waals surface area contributed by atoms with Crippen molar-refractivity contribution in [3.05, 3.63) is 50.1 Å². The molecule has 1 rings (SSSR count). The minimum Gasteiger partial charge on any atom is -0.458 e. The van der Waals surface area contributed by atoms with Crippen LogP contribution in [-0.2, 0) is 9.53 Å². The average Bonchev–Trinajstić information content (AvgIpc) is 2.26. The van der Waals surface area contributed by atoms with Gasteiger partial charge in [0.15, 0.2) is 0 Å². The average molecular weight is 300 g/mol. The standard InChI is InChI=1S/C11H10BrNO4/c1-2-17-11(14)10(13(15)16)7-8-4-3-5-9(12)6-8/h3-7H,2H2,1H3/b10-7-. The Morgan fingerprint density at radius 2 is 2.29 bits per heavy atom. The summed E-state index contributed by atoms with van der Waals surface area (Å²) in [6.45, 7) is 1.69. The molecule has 0 spiro atoms. The van der Waals surface area contributed by atoms with Crippen LogP contribution < -0.4 is 0 Å². The summed E-state index contributed by atoms with van der Waals surface area (Å²) in [5.74, 6) is -0.933. The van der Waals surface area contributed by atoms with Crippen molar-refractivity contribution in [2.24, 2.45) is 0 Å². The SMILES string of the molecule is CCOC(=O)/C(=C/c1cccc(Br)c1)[N+](=O)[O-]. The summed E-state index contributed by atoms with van der Waals surface area (Å²) in [5, 5.41) is 10.7. The number of carbonyl (C=O) groups is 1. The molecular formula is C11H10BrNO4. The van der Waals surface area contributed by atoms with Crippen LogP contribution in [0.2, 0.25) is 0 Å². The Morgan fingerprint density at radius 3 is 2.82 bits per heavy atom. The molecule has 0 saturated heterocycles. The predicted octanol–water partition coefficient (Wildman–Crippen LogP) is 2.63. The van der Waals surface area contributed by atoms with Crippen molar-refractivity contribution in [3.63, 3.8) is 0 Å². The molecule has 1 aromatic carbocycles. The summed E-state index contributed by atoms with van der Waals surface area (Å²) >= 11 is 3.24. The van der Waals surface area contributed by atoms with Gasteiger partial charge >= 0.3 is 11.7 Å². The van der Waals surface area contributed by atoms with Gasteiger partial charge in [0, 0.05) is 10.5 Å². The molecule has 1 aromatic rings. The third-order valence-electron chi connectivity index (χ3n) is 1.83. The third-order valence-corrected chi connectivity index (χ3v) is 2.33. The molecule has 17 heavy (non-hydrogen) atoms. The van der Waals surface area contributed by atoms with Gasteiger partial charge in [-0.1, -0.05) is 28.1 Å². The molecule has 0 N–H and O–H groups in total. The lowest BCUT2D eigenvalue weighted by molar-refractivity contribution is -0.419. The van der Waals surface area contributed by atoms with Crippen molar-refractivity contribution < 1.29 is 14.5 Å². The van der Waals surface area contributed by atoms with E-state index in [1.165, 1.54) is 6.08 Å². The van der Waals surface area contributed by atoms with Crippen LogP contribution in [0.5, 0.6) is 0 Å². The highest BCUT2D eigenvalue weighted by Crippen LogP contribution is 2.15. The van der Waals surface area contributed by atoms with E-state index >= 15 is 0 Å². The fraction of sp³-hybridized carbons (Fsp3) is 0.182. The van der Waals surface area contributed by atoms with E-state index in [9.17, 15) is 14.9 Å². The van der Waals surface area contributed by atoms with Crippen LogP contribution in [0.25, 0.3) is 6.08 Å². The van der Waals surface area contributed by atoms with Crippen LogP contribution in [0.15, 0.2) is 34.4 Å². The highest BCUT2D eigenvalue weighted by atomic mass is 79.9. The van der Waals surface area contributed by atoms with E-state index in [1.807, 2.05) is 0 Å². The quantitative estimate of drug-likeness (QED) is 0.371. The zero-order chi connectivity index (χ0) is 12.8. The van der Waals surface area contributed by atoms with E-state index < -0.39 is 16.6 Å². The zero-order valence-electron chi connectivity index (χ0n) is 9.05. The number of carbonyl (C=O) groups excluding carboxylic acids is 1. The Kier molecular flexibility index (Phi) is 4.84. The Morgan fingerprint density at radius 1 is 1.59 bits per heavy atom. The zero-order valence-corrected chi connectivity index (χ0v) is 10.6. The second kappa shape index (κ2) is 6.15. The molecule has 0 bridgehead atoms. The Bertz CT molecular complexity index is 470. The molecule has 0 unspecified atom stereocenters. The monoisotopic (exact) mass is 299 g/mol. The summed E-state index contributed by atoms with van der Waals surface area (Å²) in [5.41, 5.74) is -0.0240. The van der Waals surface area contributed by atoms with E-state index in [1.54, 1.807) is 31.2 Å². The first-order valence-corrected chi connectivity index (χ1v) is 5.62. The molecule has 0 radical (unpaired) electrons. The smallest absolute Gasteiger partial charge is 0.409 e. The van der Waals surface area contributed by atoms with Crippen LogP contribution in [-0.4, -0.2) is 17.5 Å². The van der Waals surface area contributed by atoms with Gasteiger partial charge in [-0.3, -0.25) is 10.1 Å².